The van der Waals surface area contributed by atoms with Gasteiger partial charge >= 0.3 is 0 Å². The summed E-state index contributed by atoms with van der Waals surface area (Å²) in [4.78, 5) is 9.29. The van der Waals surface area contributed by atoms with Gasteiger partial charge in [-0.1, -0.05) is 78.9 Å². The van der Waals surface area contributed by atoms with E-state index in [1.807, 2.05) is 91.0 Å². The van der Waals surface area contributed by atoms with Crippen LogP contribution in [0.2, 0.25) is 0 Å². The first-order valence-electron chi connectivity index (χ1n) is 8.83. The van der Waals surface area contributed by atoms with Crippen molar-refractivity contribution < 1.29 is 0 Å². The van der Waals surface area contributed by atoms with Crippen molar-refractivity contribution in [3.63, 3.8) is 0 Å². The van der Waals surface area contributed by atoms with Gasteiger partial charge in [-0.15, -0.1) is 0 Å². The van der Waals surface area contributed by atoms with Crippen LogP contribution >= 0.6 is 22.6 Å². The average Bonchev–Trinajstić information content (AvgIpc) is 2.76. The van der Waals surface area contributed by atoms with E-state index in [1.54, 1.807) is 6.21 Å². The fourth-order valence-corrected chi connectivity index (χ4v) is 3.28. The molecule has 1 N–H and O–H groups in total. The summed E-state index contributed by atoms with van der Waals surface area (Å²) in [6.45, 7) is 0. The van der Waals surface area contributed by atoms with Crippen molar-refractivity contribution in [2.45, 2.75) is 0 Å². The predicted octanol–water partition coefficient (Wildman–Crippen LogP) is 5.86. The fourth-order valence-electron chi connectivity index (χ4n) is 2.75. The number of anilines is 1. The van der Waals surface area contributed by atoms with Gasteiger partial charge in [-0.05, 0) is 34.7 Å². The zero-order valence-corrected chi connectivity index (χ0v) is 17.1. The van der Waals surface area contributed by atoms with Gasteiger partial charge in [0.15, 0.2) is 0 Å². The summed E-state index contributed by atoms with van der Waals surface area (Å²) in [5.74, 6) is 0.461. The van der Waals surface area contributed by atoms with Gasteiger partial charge < -0.3 is 0 Å². The quantitative estimate of drug-likeness (QED) is 0.223. The minimum absolute atomic E-state index is 0.461. The minimum atomic E-state index is 0.461. The largest absolute Gasteiger partial charge is 0.245 e. The number of nitrogens with one attached hydrogen (secondary N) is 1. The molecule has 0 amide bonds. The minimum Gasteiger partial charge on any atom is -0.245 e. The van der Waals surface area contributed by atoms with Crippen LogP contribution in [0.5, 0.6) is 0 Å². The molecule has 0 spiro atoms. The summed E-state index contributed by atoms with van der Waals surface area (Å²) < 4.78 is 1.13. The van der Waals surface area contributed by atoms with E-state index < -0.39 is 0 Å². The molecule has 28 heavy (non-hydrogen) atoms. The van der Waals surface area contributed by atoms with Crippen molar-refractivity contribution in [1.82, 2.24) is 9.97 Å². The number of aromatic nitrogens is 2. The van der Waals surface area contributed by atoms with Gasteiger partial charge in [0.1, 0.15) is 0 Å². The third-order valence-corrected chi connectivity index (χ3v) is 5.12. The maximum absolute atomic E-state index is 4.64. The van der Waals surface area contributed by atoms with Gasteiger partial charge in [-0.2, -0.15) is 5.10 Å². The molecule has 3 aromatic carbocycles. The second-order valence-corrected chi connectivity index (χ2v) is 7.25. The number of halogens is 1. The lowest BCUT2D eigenvalue weighted by molar-refractivity contribution is 1.13. The third kappa shape index (κ3) is 4.43. The zero-order valence-electron chi connectivity index (χ0n) is 15.0. The van der Waals surface area contributed by atoms with Crippen LogP contribution in [0.4, 0.5) is 5.95 Å². The number of hydrogen-bond acceptors (Lipinski definition) is 4. The van der Waals surface area contributed by atoms with Crippen molar-refractivity contribution in [3.05, 3.63) is 100 Å². The standard InChI is InChI=1S/C23H17IN4/c24-20-14-8-7-13-19(20)16-25-28-23-26-21(17-9-3-1-4-10-17)15-22(27-23)18-11-5-2-6-12-18/h1-16H,(H,26,27,28)/b25-16+. The van der Waals surface area contributed by atoms with Crippen molar-refractivity contribution in [2.24, 2.45) is 5.10 Å². The molecule has 0 saturated heterocycles. The highest BCUT2D eigenvalue weighted by molar-refractivity contribution is 14.1. The molecule has 0 fully saturated rings. The summed E-state index contributed by atoms with van der Waals surface area (Å²) in [5, 5.41) is 4.34. The van der Waals surface area contributed by atoms with Crippen molar-refractivity contribution in [3.8, 4) is 22.5 Å². The Labute approximate surface area is 177 Å². The van der Waals surface area contributed by atoms with E-state index in [1.165, 1.54) is 0 Å². The Bertz CT molecular complexity index is 1040. The van der Waals surface area contributed by atoms with Gasteiger partial charge in [0.2, 0.25) is 5.95 Å². The third-order valence-electron chi connectivity index (χ3n) is 4.14. The molecule has 0 aliphatic heterocycles. The Morgan fingerprint density at radius 3 is 1.82 bits per heavy atom. The van der Waals surface area contributed by atoms with E-state index in [0.717, 1.165) is 31.6 Å². The van der Waals surface area contributed by atoms with Crippen LogP contribution in [0.25, 0.3) is 22.5 Å². The van der Waals surface area contributed by atoms with Gasteiger partial charge in [0, 0.05) is 20.3 Å². The number of benzene rings is 3. The summed E-state index contributed by atoms with van der Waals surface area (Å²) in [5.41, 5.74) is 7.79. The van der Waals surface area contributed by atoms with E-state index in [9.17, 15) is 0 Å². The smallest absolute Gasteiger partial charge is 0.244 e. The maximum Gasteiger partial charge on any atom is 0.244 e. The van der Waals surface area contributed by atoms with Crippen LogP contribution in [-0.2, 0) is 0 Å². The molecule has 4 nitrogen and oxygen atoms in total. The van der Waals surface area contributed by atoms with Crippen LogP contribution in [0.1, 0.15) is 5.56 Å². The Morgan fingerprint density at radius 2 is 1.25 bits per heavy atom. The van der Waals surface area contributed by atoms with Gasteiger partial charge in [0.05, 0.1) is 17.6 Å². The molecule has 0 radical (unpaired) electrons. The molecule has 5 heteroatoms. The monoisotopic (exact) mass is 476 g/mol. The summed E-state index contributed by atoms with van der Waals surface area (Å²) >= 11 is 2.29. The molecular weight excluding hydrogens is 459 g/mol. The normalized spacial score (nSPS) is 10.9. The van der Waals surface area contributed by atoms with Crippen molar-refractivity contribution in [1.29, 1.82) is 0 Å². The second kappa shape index (κ2) is 8.75. The van der Waals surface area contributed by atoms with E-state index in [2.05, 4.69) is 43.1 Å². The topological polar surface area (TPSA) is 50.2 Å². The van der Waals surface area contributed by atoms with Crippen LogP contribution in [0.15, 0.2) is 96.1 Å². The van der Waals surface area contributed by atoms with Gasteiger partial charge in [-0.25, -0.2) is 15.4 Å². The Balaban J connectivity index is 1.69. The lowest BCUT2D eigenvalue weighted by Gasteiger charge is -2.08. The van der Waals surface area contributed by atoms with E-state index in [4.69, 9.17) is 0 Å². The Kier molecular flexibility index (Phi) is 5.72. The molecule has 0 saturated carbocycles. The number of rotatable bonds is 5. The molecule has 0 unspecified atom stereocenters. The lowest BCUT2D eigenvalue weighted by Crippen LogP contribution is -2.00. The SMILES string of the molecule is Ic1ccccc1/C=N/Nc1nc(-c2ccccc2)cc(-c2ccccc2)n1. The molecule has 1 heterocycles. The first-order chi connectivity index (χ1) is 13.8. The second-order valence-electron chi connectivity index (χ2n) is 6.09. The molecule has 4 aromatic rings. The van der Waals surface area contributed by atoms with Crippen LogP contribution in [-0.4, -0.2) is 16.2 Å². The first kappa shape index (κ1) is 18.3. The van der Waals surface area contributed by atoms with Gasteiger partial charge in [-0.3, -0.25) is 0 Å². The Morgan fingerprint density at radius 1 is 0.714 bits per heavy atom. The lowest BCUT2D eigenvalue weighted by atomic mass is 10.1. The van der Waals surface area contributed by atoms with Crippen LogP contribution in [0, 0.1) is 3.57 Å². The Hall–Kier alpha value is -3.06. The molecule has 136 valence electrons. The maximum atomic E-state index is 4.64. The van der Waals surface area contributed by atoms with E-state index in [0.29, 0.717) is 5.95 Å². The molecule has 1 aromatic heterocycles. The number of hydrogen-bond donors (Lipinski definition) is 1. The molecule has 4 rings (SSSR count). The number of nitrogens with zero attached hydrogens (tertiary/aromatic N) is 3. The van der Waals surface area contributed by atoms with Crippen molar-refractivity contribution in [2.75, 3.05) is 5.43 Å². The zero-order chi connectivity index (χ0) is 19.2. The molecular formula is C23H17IN4. The van der Waals surface area contributed by atoms with Gasteiger partial charge in [0.25, 0.3) is 0 Å². The highest BCUT2D eigenvalue weighted by atomic mass is 127. The van der Waals surface area contributed by atoms with E-state index >= 15 is 0 Å². The van der Waals surface area contributed by atoms with Crippen LogP contribution in [0.3, 0.4) is 0 Å². The fraction of sp³-hybridized carbons (Fsp3) is 0. The summed E-state index contributed by atoms with van der Waals surface area (Å²) in [6.07, 6.45) is 1.78. The van der Waals surface area contributed by atoms with Crippen molar-refractivity contribution >= 4 is 34.8 Å². The summed E-state index contributed by atoms with van der Waals surface area (Å²) in [7, 11) is 0. The predicted molar refractivity (Wildman–Crippen MR) is 123 cm³/mol. The number of hydrazone groups is 1. The highest BCUT2D eigenvalue weighted by Crippen LogP contribution is 2.25. The molecule has 0 aliphatic carbocycles. The van der Waals surface area contributed by atoms with E-state index in [-0.39, 0.29) is 0 Å². The average molecular weight is 476 g/mol. The highest BCUT2D eigenvalue weighted by Gasteiger charge is 2.08. The first-order valence-corrected chi connectivity index (χ1v) is 9.91. The summed E-state index contributed by atoms with van der Waals surface area (Å²) in [6, 6.07) is 30.2. The van der Waals surface area contributed by atoms with Crippen LogP contribution < -0.4 is 5.43 Å². The molecule has 0 bridgehead atoms. The molecule has 0 atom stereocenters. The molecule has 0 aliphatic rings.